The number of rotatable bonds is 4. The number of carbonyl (C=O) groups excluding carboxylic acids is 1. The zero-order valence-corrected chi connectivity index (χ0v) is 9.38. The molecule has 0 bridgehead atoms. The first-order valence-corrected chi connectivity index (χ1v) is 5.22. The molecule has 1 heterocycles. The Bertz CT molecular complexity index is 496. The maximum Gasteiger partial charge on any atom is 0.302 e. The maximum absolute atomic E-state index is 10.7. The highest BCUT2D eigenvalue weighted by Crippen LogP contribution is 2.19. The zero-order valence-electron chi connectivity index (χ0n) is 9.38. The van der Waals surface area contributed by atoms with Crippen molar-refractivity contribution in [3.05, 3.63) is 29.8 Å². The summed E-state index contributed by atoms with van der Waals surface area (Å²) in [6.45, 7) is 1.75. The molecule has 1 N–H and O–H groups in total. The summed E-state index contributed by atoms with van der Waals surface area (Å²) in [6.07, 6.45) is 0.629. The molecule has 0 aliphatic carbocycles. The van der Waals surface area contributed by atoms with Crippen molar-refractivity contribution in [1.29, 1.82) is 0 Å². The summed E-state index contributed by atoms with van der Waals surface area (Å²) in [5, 5.41) is 13.8. The normalized spacial score (nSPS) is 10.2. The van der Waals surface area contributed by atoms with E-state index >= 15 is 0 Å². The van der Waals surface area contributed by atoms with Crippen molar-refractivity contribution in [2.24, 2.45) is 0 Å². The minimum absolute atomic E-state index is 0.276. The first-order valence-electron chi connectivity index (χ1n) is 5.22. The van der Waals surface area contributed by atoms with Gasteiger partial charge in [0.1, 0.15) is 0 Å². The van der Waals surface area contributed by atoms with Gasteiger partial charge < -0.3 is 4.74 Å². The van der Waals surface area contributed by atoms with Crippen molar-refractivity contribution in [2.45, 2.75) is 13.3 Å². The second kappa shape index (κ2) is 5.20. The highest BCUT2D eigenvalue weighted by atomic mass is 16.5. The van der Waals surface area contributed by atoms with E-state index in [9.17, 15) is 4.79 Å². The van der Waals surface area contributed by atoms with Gasteiger partial charge in [-0.2, -0.15) is 5.21 Å². The van der Waals surface area contributed by atoms with Crippen molar-refractivity contribution >= 4 is 5.97 Å². The highest BCUT2D eigenvalue weighted by Gasteiger charge is 2.08. The number of hydrogen-bond acceptors (Lipinski definition) is 5. The minimum Gasteiger partial charge on any atom is -0.466 e. The molecule has 1 aromatic heterocycles. The van der Waals surface area contributed by atoms with Crippen LogP contribution in [0.15, 0.2) is 24.3 Å². The molecule has 0 amide bonds. The first kappa shape index (κ1) is 11.3. The van der Waals surface area contributed by atoms with E-state index in [1.165, 1.54) is 6.92 Å². The summed E-state index contributed by atoms with van der Waals surface area (Å²) in [4.78, 5) is 10.7. The van der Waals surface area contributed by atoms with E-state index in [1.54, 1.807) is 0 Å². The standard InChI is InChI=1S/C11H12N4O2/c1-8(16)17-7-6-9-4-2-3-5-10(9)11-12-14-15-13-11/h2-5H,6-7H2,1H3,(H,12,13,14,15). The lowest BCUT2D eigenvalue weighted by atomic mass is 10.0. The van der Waals surface area contributed by atoms with Gasteiger partial charge in [-0.1, -0.05) is 24.3 Å². The summed E-state index contributed by atoms with van der Waals surface area (Å²) >= 11 is 0. The highest BCUT2D eigenvalue weighted by molar-refractivity contribution is 5.66. The monoisotopic (exact) mass is 232 g/mol. The van der Waals surface area contributed by atoms with Crippen LogP contribution < -0.4 is 0 Å². The molecule has 0 saturated heterocycles. The van der Waals surface area contributed by atoms with Crippen LogP contribution in [0.25, 0.3) is 11.4 Å². The third-order valence-electron chi connectivity index (χ3n) is 2.28. The minimum atomic E-state index is -0.276. The fraction of sp³-hybridized carbons (Fsp3) is 0.273. The lowest BCUT2D eigenvalue weighted by Crippen LogP contribution is -2.04. The van der Waals surface area contributed by atoms with E-state index in [4.69, 9.17) is 4.74 Å². The second-order valence-electron chi connectivity index (χ2n) is 3.48. The number of H-pyrrole nitrogens is 1. The molecular formula is C11H12N4O2. The fourth-order valence-corrected chi connectivity index (χ4v) is 1.54. The van der Waals surface area contributed by atoms with Crippen molar-refractivity contribution < 1.29 is 9.53 Å². The smallest absolute Gasteiger partial charge is 0.302 e. The van der Waals surface area contributed by atoms with Gasteiger partial charge in [0.25, 0.3) is 0 Å². The van der Waals surface area contributed by atoms with E-state index < -0.39 is 0 Å². The number of aromatic amines is 1. The Morgan fingerprint density at radius 1 is 1.41 bits per heavy atom. The lowest BCUT2D eigenvalue weighted by molar-refractivity contribution is -0.140. The SMILES string of the molecule is CC(=O)OCCc1ccccc1-c1nn[nH]n1. The molecule has 0 aliphatic rings. The zero-order chi connectivity index (χ0) is 12.1. The molecule has 0 unspecified atom stereocenters. The molecule has 0 aliphatic heterocycles. The van der Waals surface area contributed by atoms with E-state index in [0.29, 0.717) is 18.9 Å². The topological polar surface area (TPSA) is 80.8 Å². The number of benzene rings is 1. The van der Waals surface area contributed by atoms with E-state index in [2.05, 4.69) is 20.6 Å². The molecule has 0 saturated carbocycles. The molecule has 6 nitrogen and oxygen atoms in total. The van der Waals surface area contributed by atoms with Crippen LogP contribution in [0.4, 0.5) is 0 Å². The summed E-state index contributed by atoms with van der Waals surface area (Å²) in [7, 11) is 0. The van der Waals surface area contributed by atoms with E-state index in [-0.39, 0.29) is 5.97 Å². The molecule has 0 atom stereocenters. The Morgan fingerprint density at radius 2 is 2.24 bits per heavy atom. The summed E-state index contributed by atoms with van der Waals surface area (Å²) < 4.78 is 4.91. The predicted octanol–water partition coefficient (Wildman–Crippen LogP) is 0.972. The van der Waals surface area contributed by atoms with Crippen LogP contribution in [0, 0.1) is 0 Å². The van der Waals surface area contributed by atoms with Crippen molar-refractivity contribution in [2.75, 3.05) is 6.61 Å². The molecule has 2 rings (SSSR count). The number of ether oxygens (including phenoxy) is 1. The average Bonchev–Trinajstić information content (AvgIpc) is 2.82. The number of aromatic nitrogens is 4. The van der Waals surface area contributed by atoms with Crippen LogP contribution in [-0.2, 0) is 16.0 Å². The van der Waals surface area contributed by atoms with E-state index in [0.717, 1.165) is 11.1 Å². The quantitative estimate of drug-likeness (QED) is 0.794. The van der Waals surface area contributed by atoms with Gasteiger partial charge in [0.2, 0.25) is 5.82 Å². The first-order chi connectivity index (χ1) is 8.27. The Kier molecular flexibility index (Phi) is 3.44. The van der Waals surface area contributed by atoms with Gasteiger partial charge >= 0.3 is 5.97 Å². The second-order valence-corrected chi connectivity index (χ2v) is 3.48. The molecule has 17 heavy (non-hydrogen) atoms. The molecule has 88 valence electrons. The molecule has 0 fully saturated rings. The Balaban J connectivity index is 2.14. The van der Waals surface area contributed by atoms with Gasteiger partial charge in [0.15, 0.2) is 0 Å². The van der Waals surface area contributed by atoms with Crippen LogP contribution in [0.2, 0.25) is 0 Å². The predicted molar refractivity (Wildman–Crippen MR) is 60.0 cm³/mol. The Morgan fingerprint density at radius 3 is 2.94 bits per heavy atom. The molecule has 2 aromatic rings. The molecule has 0 spiro atoms. The van der Waals surface area contributed by atoms with Gasteiger partial charge in [-0.05, 0) is 10.8 Å². The van der Waals surface area contributed by atoms with Crippen LogP contribution in [0.1, 0.15) is 12.5 Å². The molecule has 0 radical (unpaired) electrons. The van der Waals surface area contributed by atoms with Crippen LogP contribution in [0.3, 0.4) is 0 Å². The number of esters is 1. The third kappa shape index (κ3) is 2.87. The average molecular weight is 232 g/mol. The van der Waals surface area contributed by atoms with Crippen molar-refractivity contribution in [3.63, 3.8) is 0 Å². The molecular weight excluding hydrogens is 220 g/mol. The van der Waals surface area contributed by atoms with E-state index in [1.807, 2.05) is 24.3 Å². The van der Waals surface area contributed by atoms with Crippen molar-refractivity contribution in [3.8, 4) is 11.4 Å². The molecule has 1 aromatic carbocycles. The van der Waals surface area contributed by atoms with Gasteiger partial charge in [-0.3, -0.25) is 4.79 Å². The largest absolute Gasteiger partial charge is 0.466 e. The summed E-state index contributed by atoms with van der Waals surface area (Å²) in [5.41, 5.74) is 1.92. The number of carbonyl (C=O) groups is 1. The van der Waals surface area contributed by atoms with Crippen LogP contribution in [-0.4, -0.2) is 33.2 Å². The van der Waals surface area contributed by atoms with Gasteiger partial charge in [-0.25, -0.2) is 0 Å². The number of hydrogen-bond donors (Lipinski definition) is 1. The van der Waals surface area contributed by atoms with Gasteiger partial charge in [0, 0.05) is 18.9 Å². The fourth-order valence-electron chi connectivity index (χ4n) is 1.54. The van der Waals surface area contributed by atoms with Gasteiger partial charge in [0.05, 0.1) is 6.61 Å². The third-order valence-corrected chi connectivity index (χ3v) is 2.28. The van der Waals surface area contributed by atoms with Crippen LogP contribution >= 0.6 is 0 Å². The lowest BCUT2D eigenvalue weighted by Gasteiger charge is -2.06. The molecule has 6 heteroatoms. The summed E-state index contributed by atoms with van der Waals surface area (Å²) in [5.74, 6) is 0.269. The number of nitrogens with one attached hydrogen (secondary N) is 1. The Hall–Kier alpha value is -2.24. The van der Waals surface area contributed by atoms with Crippen LogP contribution in [0.5, 0.6) is 0 Å². The van der Waals surface area contributed by atoms with Crippen molar-refractivity contribution in [1.82, 2.24) is 20.6 Å². The Labute approximate surface area is 98.0 Å². The summed E-state index contributed by atoms with van der Waals surface area (Å²) in [6, 6.07) is 7.69. The van der Waals surface area contributed by atoms with Gasteiger partial charge in [-0.15, -0.1) is 10.2 Å². The number of nitrogens with zero attached hydrogens (tertiary/aromatic N) is 3. The number of tetrazole rings is 1. The maximum atomic E-state index is 10.7.